The summed E-state index contributed by atoms with van der Waals surface area (Å²) < 4.78 is 27.1. The molecule has 4 rings (SSSR count). The minimum Gasteiger partial charge on any atom is -0.338 e. The number of carbonyl (C=O) groups excluding carboxylic acids is 2. The van der Waals surface area contributed by atoms with Crippen LogP contribution in [0.1, 0.15) is 42.9 Å². The van der Waals surface area contributed by atoms with E-state index in [1.807, 2.05) is 24.3 Å². The van der Waals surface area contributed by atoms with E-state index in [-0.39, 0.29) is 0 Å². The number of hydrogen-bond acceptors (Lipinski definition) is 4. The lowest BCUT2D eigenvalue weighted by molar-refractivity contribution is 0.153. The van der Waals surface area contributed by atoms with Gasteiger partial charge >= 0.3 is 12.1 Å². The normalized spacial score (nSPS) is 19.9. The molecule has 2 heterocycles. The molecule has 2 aromatic rings. The van der Waals surface area contributed by atoms with Crippen LogP contribution in [-0.2, 0) is 5.41 Å². The lowest BCUT2D eigenvalue weighted by Crippen LogP contribution is -2.54. The second kappa shape index (κ2) is 11.2. The topological polar surface area (TPSA) is 88.5 Å². The van der Waals surface area contributed by atoms with Crippen LogP contribution in [0.25, 0.3) is 0 Å². The fraction of sp³-hybridized carbons (Fsp3) is 0.423. The number of nitrogens with one attached hydrogen (secondary N) is 2. The van der Waals surface area contributed by atoms with Crippen molar-refractivity contribution in [2.24, 2.45) is 0 Å². The highest BCUT2D eigenvalue weighted by atomic mass is 35.5. The van der Waals surface area contributed by atoms with Crippen molar-refractivity contribution in [2.75, 3.05) is 32.7 Å². The average molecular weight is 516 g/mol. The minimum absolute atomic E-state index is 0.333. The standard InChI is InChI=1S/C26H28ClF2N5O2/c27-20-5-2-1-4-19(20)26(17-30)9-14-33(15-10-26)13-3-11-31-24(35)34-23(8-12-32-25(34)36)18-6-7-21(28)22(29)16-18/h1-2,4-7,16,23H,3,8-15H2,(H,31,35)(H,32,36). The number of piperidine rings is 1. The number of nitriles is 1. The van der Waals surface area contributed by atoms with Crippen molar-refractivity contribution in [2.45, 2.75) is 37.1 Å². The molecule has 2 N–H and O–H groups in total. The van der Waals surface area contributed by atoms with Gasteiger partial charge in [-0.3, -0.25) is 0 Å². The quantitative estimate of drug-likeness (QED) is 0.544. The van der Waals surface area contributed by atoms with Gasteiger partial charge in [0.15, 0.2) is 11.6 Å². The molecule has 2 aliphatic rings. The fourth-order valence-electron chi connectivity index (χ4n) is 4.97. The van der Waals surface area contributed by atoms with Gasteiger partial charge < -0.3 is 15.5 Å². The lowest BCUT2D eigenvalue weighted by Gasteiger charge is -2.38. The zero-order valence-electron chi connectivity index (χ0n) is 19.8. The van der Waals surface area contributed by atoms with Crippen LogP contribution in [0, 0.1) is 23.0 Å². The molecule has 10 heteroatoms. The van der Waals surface area contributed by atoms with Crippen molar-refractivity contribution in [1.29, 1.82) is 5.26 Å². The van der Waals surface area contributed by atoms with E-state index in [9.17, 15) is 23.6 Å². The number of imide groups is 1. The highest BCUT2D eigenvalue weighted by Gasteiger charge is 2.38. The number of likely N-dealkylation sites (tertiary alicyclic amines) is 1. The zero-order chi connectivity index (χ0) is 25.7. The fourth-order valence-corrected chi connectivity index (χ4v) is 5.29. The Morgan fingerprint density at radius 1 is 1.19 bits per heavy atom. The lowest BCUT2D eigenvalue weighted by atomic mass is 9.74. The van der Waals surface area contributed by atoms with E-state index in [4.69, 9.17) is 11.6 Å². The molecular weight excluding hydrogens is 488 g/mol. The molecule has 1 unspecified atom stereocenters. The molecule has 0 radical (unpaired) electrons. The van der Waals surface area contributed by atoms with E-state index in [2.05, 4.69) is 21.6 Å². The number of urea groups is 2. The first-order chi connectivity index (χ1) is 17.3. The van der Waals surface area contributed by atoms with E-state index in [1.165, 1.54) is 6.07 Å². The molecule has 2 aromatic carbocycles. The number of amides is 4. The van der Waals surface area contributed by atoms with Crippen molar-refractivity contribution in [3.63, 3.8) is 0 Å². The van der Waals surface area contributed by atoms with Gasteiger partial charge in [0, 0.05) is 18.1 Å². The Balaban J connectivity index is 1.28. The number of nitrogens with zero attached hydrogens (tertiary/aromatic N) is 3. The van der Waals surface area contributed by atoms with Crippen LogP contribution in [0.2, 0.25) is 5.02 Å². The Bertz CT molecular complexity index is 1160. The monoisotopic (exact) mass is 515 g/mol. The molecule has 0 aromatic heterocycles. The van der Waals surface area contributed by atoms with Crippen LogP contribution in [0.3, 0.4) is 0 Å². The van der Waals surface area contributed by atoms with Crippen molar-refractivity contribution in [1.82, 2.24) is 20.4 Å². The van der Waals surface area contributed by atoms with Crippen LogP contribution in [0.5, 0.6) is 0 Å². The van der Waals surface area contributed by atoms with E-state index < -0.39 is 35.2 Å². The van der Waals surface area contributed by atoms with E-state index >= 15 is 0 Å². The Kier molecular flexibility index (Phi) is 8.07. The maximum Gasteiger partial charge on any atom is 0.326 e. The molecule has 36 heavy (non-hydrogen) atoms. The third-order valence-electron chi connectivity index (χ3n) is 7.01. The smallest absolute Gasteiger partial charge is 0.326 e. The Hall–Kier alpha value is -3.22. The molecule has 0 bridgehead atoms. The van der Waals surface area contributed by atoms with Crippen molar-refractivity contribution in [3.8, 4) is 6.07 Å². The summed E-state index contributed by atoms with van der Waals surface area (Å²) in [5.74, 6) is -2.00. The van der Waals surface area contributed by atoms with Gasteiger partial charge in [-0.25, -0.2) is 23.3 Å². The van der Waals surface area contributed by atoms with Gasteiger partial charge in [-0.2, -0.15) is 5.26 Å². The van der Waals surface area contributed by atoms with Gasteiger partial charge in [0.05, 0.1) is 17.5 Å². The van der Waals surface area contributed by atoms with Crippen LogP contribution in [-0.4, -0.2) is 54.6 Å². The largest absolute Gasteiger partial charge is 0.338 e. The second-order valence-electron chi connectivity index (χ2n) is 9.18. The second-order valence-corrected chi connectivity index (χ2v) is 9.59. The molecule has 2 aliphatic heterocycles. The maximum atomic E-state index is 13.7. The predicted molar refractivity (Wildman–Crippen MR) is 131 cm³/mol. The maximum absolute atomic E-state index is 13.7. The summed E-state index contributed by atoms with van der Waals surface area (Å²) in [6.07, 6.45) is 2.39. The SMILES string of the molecule is N#CC1(c2ccccc2Cl)CCN(CCCNC(=O)N2C(=O)NCCC2c2ccc(F)c(F)c2)CC1. The van der Waals surface area contributed by atoms with Crippen LogP contribution < -0.4 is 10.6 Å². The summed E-state index contributed by atoms with van der Waals surface area (Å²) in [7, 11) is 0. The van der Waals surface area contributed by atoms with E-state index in [0.29, 0.717) is 49.4 Å². The first kappa shape index (κ1) is 25.9. The van der Waals surface area contributed by atoms with Crippen LogP contribution >= 0.6 is 11.6 Å². The number of hydrogen-bond donors (Lipinski definition) is 2. The number of rotatable bonds is 6. The third kappa shape index (κ3) is 5.45. The molecule has 0 spiro atoms. The molecule has 7 nitrogen and oxygen atoms in total. The molecule has 4 amide bonds. The highest BCUT2D eigenvalue weighted by molar-refractivity contribution is 6.31. The first-order valence-corrected chi connectivity index (χ1v) is 12.4. The average Bonchev–Trinajstić information content (AvgIpc) is 2.88. The summed E-state index contributed by atoms with van der Waals surface area (Å²) in [5.41, 5.74) is 0.641. The van der Waals surface area contributed by atoms with Crippen molar-refractivity contribution >= 4 is 23.7 Å². The molecule has 190 valence electrons. The van der Waals surface area contributed by atoms with Crippen molar-refractivity contribution < 1.29 is 18.4 Å². The number of benzene rings is 2. The molecule has 0 aliphatic carbocycles. The highest BCUT2D eigenvalue weighted by Crippen LogP contribution is 2.38. The predicted octanol–water partition coefficient (Wildman–Crippen LogP) is 4.73. The number of halogens is 3. The van der Waals surface area contributed by atoms with E-state index in [0.717, 1.165) is 42.2 Å². The summed E-state index contributed by atoms with van der Waals surface area (Å²) in [4.78, 5) is 28.5. The van der Waals surface area contributed by atoms with E-state index in [1.54, 1.807) is 0 Å². The van der Waals surface area contributed by atoms with Crippen LogP contribution in [0.15, 0.2) is 42.5 Å². The third-order valence-corrected chi connectivity index (χ3v) is 7.34. The minimum atomic E-state index is -1.02. The first-order valence-electron chi connectivity index (χ1n) is 12.0. The summed E-state index contributed by atoms with van der Waals surface area (Å²) >= 11 is 6.36. The summed E-state index contributed by atoms with van der Waals surface area (Å²) in [6.45, 7) is 2.87. The van der Waals surface area contributed by atoms with Gasteiger partial charge in [-0.15, -0.1) is 0 Å². The Morgan fingerprint density at radius 3 is 2.64 bits per heavy atom. The van der Waals surface area contributed by atoms with Gasteiger partial charge in [0.25, 0.3) is 0 Å². The number of carbonyl (C=O) groups is 2. The Morgan fingerprint density at radius 2 is 1.94 bits per heavy atom. The van der Waals surface area contributed by atoms with Crippen LogP contribution in [0.4, 0.5) is 18.4 Å². The summed E-state index contributed by atoms with van der Waals surface area (Å²) in [5, 5.41) is 15.9. The molecule has 0 saturated carbocycles. The Labute approximate surface area is 214 Å². The van der Waals surface area contributed by atoms with Gasteiger partial charge in [-0.05, 0) is 74.6 Å². The summed E-state index contributed by atoms with van der Waals surface area (Å²) in [6, 6.07) is 11.6. The molecular formula is C26H28ClF2N5O2. The zero-order valence-corrected chi connectivity index (χ0v) is 20.5. The van der Waals surface area contributed by atoms with Gasteiger partial charge in [-0.1, -0.05) is 35.9 Å². The van der Waals surface area contributed by atoms with Gasteiger partial charge in [0.1, 0.15) is 0 Å². The van der Waals surface area contributed by atoms with Gasteiger partial charge in [0.2, 0.25) is 0 Å². The van der Waals surface area contributed by atoms with Crippen molar-refractivity contribution in [3.05, 3.63) is 70.2 Å². The molecule has 2 saturated heterocycles. The molecule has 2 fully saturated rings. The molecule has 1 atom stereocenters.